The third kappa shape index (κ3) is 7.80. The topological polar surface area (TPSA) is 69.2 Å². The largest absolute Gasteiger partial charge is 0.490 e. The zero-order valence-electron chi connectivity index (χ0n) is 17.7. The number of nitrogens with zero attached hydrogens (tertiary/aromatic N) is 1. The molecule has 0 unspecified atom stereocenters. The van der Waals surface area contributed by atoms with Gasteiger partial charge in [-0.25, -0.2) is 0 Å². The molecular formula is C24H21Cl2IN2O4. The number of carbonyl (C=O) groups excluding carboxylic acids is 1. The van der Waals surface area contributed by atoms with Gasteiger partial charge in [-0.15, -0.1) is 0 Å². The SMILES string of the molecule is CCOc1cc(/C=N/OCC(=O)Nc2ccc(Cl)cc2)cc(I)c1OCc1ccccc1Cl. The monoisotopic (exact) mass is 598 g/mol. The molecule has 6 nitrogen and oxygen atoms in total. The van der Waals surface area contributed by atoms with Gasteiger partial charge in [0, 0.05) is 26.9 Å². The number of nitrogens with one attached hydrogen (secondary N) is 1. The first-order valence-electron chi connectivity index (χ1n) is 9.99. The molecule has 0 aliphatic heterocycles. The van der Waals surface area contributed by atoms with Gasteiger partial charge in [-0.05, 0) is 72.0 Å². The summed E-state index contributed by atoms with van der Waals surface area (Å²) in [6.07, 6.45) is 1.51. The van der Waals surface area contributed by atoms with Crippen LogP contribution in [0.4, 0.5) is 5.69 Å². The molecule has 172 valence electrons. The number of anilines is 1. The van der Waals surface area contributed by atoms with Crippen molar-refractivity contribution in [3.05, 3.63) is 85.4 Å². The fraction of sp³-hybridized carbons (Fsp3) is 0.167. The molecule has 0 saturated heterocycles. The van der Waals surface area contributed by atoms with Crippen LogP contribution in [0, 0.1) is 3.57 Å². The predicted molar refractivity (Wildman–Crippen MR) is 140 cm³/mol. The Hall–Kier alpha value is -2.49. The molecule has 1 N–H and O–H groups in total. The summed E-state index contributed by atoms with van der Waals surface area (Å²) in [5.74, 6) is 0.874. The lowest BCUT2D eigenvalue weighted by molar-refractivity contribution is -0.120. The maximum absolute atomic E-state index is 12.0. The molecule has 0 spiro atoms. The van der Waals surface area contributed by atoms with E-state index in [0.717, 1.165) is 14.7 Å². The van der Waals surface area contributed by atoms with E-state index in [0.29, 0.717) is 40.4 Å². The van der Waals surface area contributed by atoms with Crippen molar-refractivity contribution in [3.63, 3.8) is 0 Å². The summed E-state index contributed by atoms with van der Waals surface area (Å²) in [7, 11) is 0. The van der Waals surface area contributed by atoms with Gasteiger partial charge in [-0.1, -0.05) is 46.6 Å². The fourth-order valence-corrected chi connectivity index (χ4v) is 3.85. The van der Waals surface area contributed by atoms with E-state index < -0.39 is 0 Å². The fourth-order valence-electron chi connectivity index (χ4n) is 2.76. The normalized spacial score (nSPS) is 10.8. The van der Waals surface area contributed by atoms with Gasteiger partial charge in [0.2, 0.25) is 0 Å². The molecule has 0 atom stereocenters. The van der Waals surface area contributed by atoms with Crippen molar-refractivity contribution < 1.29 is 19.1 Å². The van der Waals surface area contributed by atoms with E-state index in [1.807, 2.05) is 37.3 Å². The second-order valence-corrected chi connectivity index (χ2v) is 8.71. The Morgan fingerprint density at radius 1 is 1.09 bits per heavy atom. The van der Waals surface area contributed by atoms with Crippen LogP contribution in [-0.4, -0.2) is 25.3 Å². The van der Waals surface area contributed by atoms with E-state index in [1.165, 1.54) is 6.21 Å². The highest BCUT2D eigenvalue weighted by molar-refractivity contribution is 14.1. The lowest BCUT2D eigenvalue weighted by Gasteiger charge is -2.15. The van der Waals surface area contributed by atoms with Gasteiger partial charge in [-0.2, -0.15) is 0 Å². The maximum Gasteiger partial charge on any atom is 0.265 e. The smallest absolute Gasteiger partial charge is 0.265 e. The van der Waals surface area contributed by atoms with Crippen molar-refractivity contribution in [1.29, 1.82) is 0 Å². The second-order valence-electron chi connectivity index (χ2n) is 6.71. The summed E-state index contributed by atoms with van der Waals surface area (Å²) in [6, 6.07) is 18.0. The van der Waals surface area contributed by atoms with E-state index in [-0.39, 0.29) is 12.5 Å². The number of rotatable bonds is 10. The molecule has 0 bridgehead atoms. The molecule has 0 fully saturated rings. The van der Waals surface area contributed by atoms with Crippen molar-refractivity contribution in [2.75, 3.05) is 18.5 Å². The van der Waals surface area contributed by atoms with Crippen molar-refractivity contribution in [2.45, 2.75) is 13.5 Å². The van der Waals surface area contributed by atoms with Crippen LogP contribution >= 0.6 is 45.8 Å². The lowest BCUT2D eigenvalue weighted by Crippen LogP contribution is -2.16. The van der Waals surface area contributed by atoms with Gasteiger partial charge in [0.15, 0.2) is 18.1 Å². The number of hydrogen-bond donors (Lipinski definition) is 1. The van der Waals surface area contributed by atoms with E-state index in [4.69, 9.17) is 37.5 Å². The zero-order chi connectivity index (χ0) is 23.6. The van der Waals surface area contributed by atoms with Gasteiger partial charge in [0.25, 0.3) is 5.91 Å². The van der Waals surface area contributed by atoms with Crippen LogP contribution in [0.25, 0.3) is 0 Å². The number of ether oxygens (including phenoxy) is 2. The van der Waals surface area contributed by atoms with Gasteiger partial charge in [0.05, 0.1) is 16.4 Å². The van der Waals surface area contributed by atoms with Crippen molar-refractivity contribution in [1.82, 2.24) is 0 Å². The first kappa shape index (κ1) is 25.1. The molecular weight excluding hydrogens is 578 g/mol. The Balaban J connectivity index is 1.60. The molecule has 3 aromatic carbocycles. The Morgan fingerprint density at radius 3 is 2.58 bits per heavy atom. The van der Waals surface area contributed by atoms with Gasteiger partial charge in [-0.3, -0.25) is 4.79 Å². The van der Waals surface area contributed by atoms with E-state index in [9.17, 15) is 4.79 Å². The van der Waals surface area contributed by atoms with Gasteiger partial charge >= 0.3 is 0 Å². The second kappa shape index (κ2) is 12.7. The number of oxime groups is 1. The molecule has 0 radical (unpaired) electrons. The standard InChI is InChI=1S/C24H21Cl2IN2O4/c1-2-31-22-12-16(11-21(27)24(22)32-14-17-5-3-4-6-20(17)26)13-28-33-15-23(30)29-19-9-7-18(25)8-10-19/h3-13H,2,14-15H2,1H3,(H,29,30)/b28-13+. The number of benzene rings is 3. The molecule has 1 amide bonds. The molecule has 0 aliphatic carbocycles. The summed E-state index contributed by atoms with van der Waals surface area (Å²) >= 11 is 14.2. The average Bonchev–Trinajstić information content (AvgIpc) is 2.79. The number of carbonyl (C=O) groups is 1. The highest BCUT2D eigenvalue weighted by Gasteiger charge is 2.13. The first-order chi connectivity index (χ1) is 16.0. The van der Waals surface area contributed by atoms with Gasteiger partial charge < -0.3 is 19.6 Å². The molecule has 3 rings (SSSR count). The maximum atomic E-state index is 12.0. The minimum atomic E-state index is -0.331. The van der Waals surface area contributed by atoms with Crippen LogP contribution in [0.1, 0.15) is 18.1 Å². The minimum Gasteiger partial charge on any atom is -0.490 e. The summed E-state index contributed by atoms with van der Waals surface area (Å²) in [5.41, 5.74) is 2.25. The van der Waals surface area contributed by atoms with Crippen LogP contribution in [0.2, 0.25) is 10.0 Å². The summed E-state index contributed by atoms with van der Waals surface area (Å²) in [4.78, 5) is 17.1. The Bertz CT molecular complexity index is 1120. The lowest BCUT2D eigenvalue weighted by atomic mass is 10.2. The Kier molecular flexibility index (Phi) is 9.65. The minimum absolute atomic E-state index is 0.229. The number of halogens is 3. The van der Waals surface area contributed by atoms with E-state index >= 15 is 0 Å². The number of hydrogen-bond acceptors (Lipinski definition) is 5. The summed E-state index contributed by atoms with van der Waals surface area (Å²) < 4.78 is 12.6. The average molecular weight is 599 g/mol. The molecule has 33 heavy (non-hydrogen) atoms. The third-order valence-electron chi connectivity index (χ3n) is 4.26. The number of amides is 1. The van der Waals surface area contributed by atoms with Crippen LogP contribution in [0.3, 0.4) is 0 Å². The van der Waals surface area contributed by atoms with Crippen LogP contribution in [-0.2, 0) is 16.2 Å². The molecule has 9 heteroatoms. The van der Waals surface area contributed by atoms with Crippen molar-refractivity contribution >= 4 is 63.6 Å². The Morgan fingerprint density at radius 2 is 1.85 bits per heavy atom. The van der Waals surface area contributed by atoms with Crippen LogP contribution < -0.4 is 14.8 Å². The molecule has 0 saturated carbocycles. The zero-order valence-corrected chi connectivity index (χ0v) is 21.4. The van der Waals surface area contributed by atoms with Crippen molar-refractivity contribution in [3.8, 4) is 11.5 Å². The van der Waals surface area contributed by atoms with Crippen LogP contribution in [0.15, 0.2) is 65.8 Å². The van der Waals surface area contributed by atoms with Gasteiger partial charge in [0.1, 0.15) is 6.61 Å². The van der Waals surface area contributed by atoms with Crippen LogP contribution in [0.5, 0.6) is 11.5 Å². The van der Waals surface area contributed by atoms with Crippen molar-refractivity contribution in [2.24, 2.45) is 5.16 Å². The first-order valence-corrected chi connectivity index (χ1v) is 11.8. The third-order valence-corrected chi connectivity index (χ3v) is 5.68. The molecule has 0 aliphatic rings. The summed E-state index contributed by atoms with van der Waals surface area (Å²) in [6.45, 7) is 2.46. The van der Waals surface area contributed by atoms with E-state index in [1.54, 1.807) is 30.3 Å². The Labute approximate surface area is 216 Å². The highest BCUT2D eigenvalue weighted by atomic mass is 127. The predicted octanol–water partition coefficient (Wildman–Crippen LogP) is 6.56. The van der Waals surface area contributed by atoms with E-state index in [2.05, 4.69) is 33.1 Å². The molecule has 0 heterocycles. The highest BCUT2D eigenvalue weighted by Crippen LogP contribution is 2.35. The summed E-state index contributed by atoms with van der Waals surface area (Å²) in [5, 5.41) is 7.83. The molecule has 0 aromatic heterocycles. The molecule has 3 aromatic rings. The quantitative estimate of drug-likeness (QED) is 0.163.